The van der Waals surface area contributed by atoms with Crippen molar-refractivity contribution in [1.82, 2.24) is 4.90 Å². The molecule has 0 unspecified atom stereocenters. The number of rotatable bonds is 5. The molecule has 0 radical (unpaired) electrons. The maximum absolute atomic E-state index is 12.8. The first kappa shape index (κ1) is 19.4. The number of sulfonamides is 1. The molecule has 1 aliphatic heterocycles. The Kier molecular flexibility index (Phi) is 5.56. The molecule has 5 nitrogen and oxygen atoms in total. The van der Waals surface area contributed by atoms with Gasteiger partial charge < -0.3 is 4.90 Å². The summed E-state index contributed by atoms with van der Waals surface area (Å²) >= 11 is 0. The molecule has 1 saturated heterocycles. The monoisotopic (exact) mass is 386 g/mol. The van der Waals surface area contributed by atoms with Gasteiger partial charge in [0.15, 0.2) is 0 Å². The largest absolute Gasteiger partial charge is 0.342 e. The van der Waals surface area contributed by atoms with Crippen molar-refractivity contribution in [3.05, 3.63) is 58.7 Å². The van der Waals surface area contributed by atoms with Crippen LogP contribution in [0, 0.1) is 20.8 Å². The second kappa shape index (κ2) is 7.72. The fourth-order valence-electron chi connectivity index (χ4n) is 3.38. The van der Waals surface area contributed by atoms with Crippen LogP contribution in [0.1, 0.15) is 35.1 Å². The Morgan fingerprint density at radius 1 is 0.963 bits per heavy atom. The fourth-order valence-corrected chi connectivity index (χ4v) is 4.75. The average molecular weight is 387 g/mol. The number of carbonyl (C=O) groups excluding carboxylic acids is 1. The van der Waals surface area contributed by atoms with E-state index in [0.717, 1.165) is 48.2 Å². The molecule has 2 aromatic carbocycles. The number of carbonyl (C=O) groups is 1. The predicted molar refractivity (Wildman–Crippen MR) is 107 cm³/mol. The van der Waals surface area contributed by atoms with E-state index in [2.05, 4.69) is 4.72 Å². The molecule has 1 N–H and O–H groups in total. The van der Waals surface area contributed by atoms with E-state index in [1.54, 1.807) is 37.3 Å². The lowest BCUT2D eigenvalue weighted by atomic mass is 10.1. The van der Waals surface area contributed by atoms with Gasteiger partial charge >= 0.3 is 0 Å². The molecular weight excluding hydrogens is 360 g/mol. The Morgan fingerprint density at radius 3 is 2.19 bits per heavy atom. The second-order valence-electron chi connectivity index (χ2n) is 7.27. The molecule has 0 spiro atoms. The van der Waals surface area contributed by atoms with Crippen molar-refractivity contribution in [2.75, 3.05) is 17.8 Å². The summed E-state index contributed by atoms with van der Waals surface area (Å²) in [7, 11) is -3.66. The second-order valence-corrected chi connectivity index (χ2v) is 8.92. The van der Waals surface area contributed by atoms with E-state index in [0.29, 0.717) is 17.0 Å². The molecule has 0 atom stereocenters. The summed E-state index contributed by atoms with van der Waals surface area (Å²) in [5.74, 6) is 0.131. The zero-order valence-corrected chi connectivity index (χ0v) is 16.9. The summed E-state index contributed by atoms with van der Waals surface area (Å²) in [6.07, 6.45) is 2.50. The molecular formula is C21H26N2O3S. The van der Waals surface area contributed by atoms with Crippen molar-refractivity contribution in [3.8, 4) is 0 Å². The van der Waals surface area contributed by atoms with Crippen LogP contribution in [0.5, 0.6) is 0 Å². The van der Waals surface area contributed by atoms with Gasteiger partial charge in [-0.1, -0.05) is 18.2 Å². The van der Waals surface area contributed by atoms with Crippen LogP contribution in [0.2, 0.25) is 0 Å². The smallest absolute Gasteiger partial charge is 0.262 e. The minimum Gasteiger partial charge on any atom is -0.342 e. The maximum Gasteiger partial charge on any atom is 0.262 e. The molecule has 1 aliphatic rings. The number of anilines is 1. The molecule has 3 rings (SSSR count). The third-order valence-electron chi connectivity index (χ3n) is 5.10. The molecule has 0 aliphatic carbocycles. The van der Waals surface area contributed by atoms with Gasteiger partial charge in [0.05, 0.1) is 11.3 Å². The van der Waals surface area contributed by atoms with Crippen LogP contribution in [0.3, 0.4) is 0 Å². The molecule has 1 amide bonds. The van der Waals surface area contributed by atoms with Crippen molar-refractivity contribution >= 4 is 21.6 Å². The van der Waals surface area contributed by atoms with Gasteiger partial charge in [-0.05, 0) is 74.1 Å². The van der Waals surface area contributed by atoms with Gasteiger partial charge in [0.1, 0.15) is 0 Å². The van der Waals surface area contributed by atoms with Crippen molar-refractivity contribution < 1.29 is 13.2 Å². The zero-order chi connectivity index (χ0) is 19.6. The lowest BCUT2D eigenvalue weighted by Gasteiger charge is -2.15. The van der Waals surface area contributed by atoms with E-state index in [4.69, 9.17) is 0 Å². The molecule has 0 bridgehead atoms. The van der Waals surface area contributed by atoms with Gasteiger partial charge in [-0.3, -0.25) is 9.52 Å². The van der Waals surface area contributed by atoms with E-state index in [1.165, 1.54) is 0 Å². The number of hydrogen-bond donors (Lipinski definition) is 1. The molecule has 2 aromatic rings. The normalized spacial score (nSPS) is 14.4. The third kappa shape index (κ3) is 4.50. The van der Waals surface area contributed by atoms with Gasteiger partial charge in [-0.25, -0.2) is 8.42 Å². The van der Waals surface area contributed by atoms with Gasteiger partial charge in [0.2, 0.25) is 5.91 Å². The van der Waals surface area contributed by atoms with E-state index < -0.39 is 10.0 Å². The minimum atomic E-state index is -3.66. The number of benzene rings is 2. The Balaban J connectivity index is 1.72. The standard InChI is InChI=1S/C21H26N2O3S/c1-15-12-17(3)20(13-16(15)2)27(25,26)22-19-8-6-18(7-9-19)14-21(24)23-10-4-5-11-23/h6-9,12-13,22H,4-5,10-11,14H2,1-3H3. The number of amides is 1. The maximum atomic E-state index is 12.8. The Labute approximate surface area is 161 Å². The molecule has 1 heterocycles. The number of aryl methyl sites for hydroxylation is 3. The van der Waals surface area contributed by atoms with Crippen LogP contribution < -0.4 is 4.72 Å². The number of hydrogen-bond acceptors (Lipinski definition) is 3. The molecule has 27 heavy (non-hydrogen) atoms. The summed E-state index contributed by atoms with van der Waals surface area (Å²) < 4.78 is 28.1. The molecule has 0 saturated carbocycles. The highest BCUT2D eigenvalue weighted by Gasteiger charge is 2.19. The number of likely N-dealkylation sites (tertiary alicyclic amines) is 1. The third-order valence-corrected chi connectivity index (χ3v) is 6.62. The molecule has 0 aromatic heterocycles. The van der Waals surface area contributed by atoms with Crippen LogP contribution >= 0.6 is 0 Å². The van der Waals surface area contributed by atoms with Crippen LogP contribution in [0.4, 0.5) is 5.69 Å². The van der Waals surface area contributed by atoms with Crippen molar-refractivity contribution in [3.63, 3.8) is 0 Å². The summed E-state index contributed by atoms with van der Waals surface area (Å²) in [6, 6.07) is 10.6. The summed E-state index contributed by atoms with van der Waals surface area (Å²) in [6.45, 7) is 7.35. The summed E-state index contributed by atoms with van der Waals surface area (Å²) in [5, 5.41) is 0. The first-order valence-corrected chi connectivity index (χ1v) is 10.7. The van der Waals surface area contributed by atoms with Crippen LogP contribution in [0.25, 0.3) is 0 Å². The fraction of sp³-hybridized carbons (Fsp3) is 0.381. The van der Waals surface area contributed by atoms with Crippen LogP contribution in [0.15, 0.2) is 41.3 Å². The lowest BCUT2D eigenvalue weighted by Crippen LogP contribution is -2.29. The average Bonchev–Trinajstić information content (AvgIpc) is 3.14. The minimum absolute atomic E-state index is 0.131. The summed E-state index contributed by atoms with van der Waals surface area (Å²) in [5.41, 5.74) is 4.11. The van der Waals surface area contributed by atoms with Crippen molar-refractivity contribution in [2.24, 2.45) is 0 Å². The predicted octanol–water partition coefficient (Wildman–Crippen LogP) is 3.58. The topological polar surface area (TPSA) is 66.5 Å². The van der Waals surface area contributed by atoms with E-state index in [9.17, 15) is 13.2 Å². The molecule has 6 heteroatoms. The molecule has 144 valence electrons. The zero-order valence-electron chi connectivity index (χ0n) is 16.1. The Hall–Kier alpha value is -2.34. The first-order valence-electron chi connectivity index (χ1n) is 9.23. The highest BCUT2D eigenvalue weighted by molar-refractivity contribution is 7.92. The van der Waals surface area contributed by atoms with Crippen molar-refractivity contribution in [1.29, 1.82) is 0 Å². The van der Waals surface area contributed by atoms with E-state index in [-0.39, 0.29) is 5.91 Å². The van der Waals surface area contributed by atoms with Crippen LogP contribution in [-0.2, 0) is 21.2 Å². The highest BCUT2D eigenvalue weighted by atomic mass is 32.2. The highest BCUT2D eigenvalue weighted by Crippen LogP contribution is 2.23. The lowest BCUT2D eigenvalue weighted by molar-refractivity contribution is -0.129. The van der Waals surface area contributed by atoms with Gasteiger partial charge in [0, 0.05) is 18.8 Å². The molecule has 1 fully saturated rings. The van der Waals surface area contributed by atoms with E-state index >= 15 is 0 Å². The van der Waals surface area contributed by atoms with Gasteiger partial charge in [-0.15, -0.1) is 0 Å². The SMILES string of the molecule is Cc1cc(C)c(S(=O)(=O)Nc2ccc(CC(=O)N3CCCC3)cc2)cc1C. The quantitative estimate of drug-likeness (QED) is 0.854. The first-order chi connectivity index (χ1) is 12.8. The van der Waals surface area contributed by atoms with Gasteiger partial charge in [-0.2, -0.15) is 0 Å². The number of nitrogens with zero attached hydrogens (tertiary/aromatic N) is 1. The number of nitrogens with one attached hydrogen (secondary N) is 1. The Morgan fingerprint density at radius 2 is 1.56 bits per heavy atom. The van der Waals surface area contributed by atoms with Crippen LogP contribution in [-0.4, -0.2) is 32.3 Å². The Bertz CT molecular complexity index is 944. The van der Waals surface area contributed by atoms with Crippen molar-refractivity contribution in [2.45, 2.75) is 44.9 Å². The summed E-state index contributed by atoms with van der Waals surface area (Å²) in [4.78, 5) is 14.4. The van der Waals surface area contributed by atoms with E-state index in [1.807, 2.05) is 24.8 Å². The van der Waals surface area contributed by atoms with Gasteiger partial charge in [0.25, 0.3) is 10.0 Å².